The molecule has 0 amide bonds. The number of benzene rings is 3. The van der Waals surface area contributed by atoms with Gasteiger partial charge in [0.25, 0.3) is 0 Å². The first-order valence-electron chi connectivity index (χ1n) is 15.0. The molecule has 0 unspecified atom stereocenters. The number of ether oxygens (including phenoxy) is 5. The van der Waals surface area contributed by atoms with Crippen LogP contribution in [-0.2, 0) is 22.6 Å². The molecule has 46 heavy (non-hydrogen) atoms. The standard InChI is InChI=1S/C37H37FO8/c1-7-42-31(39)9-8-18-43-36-25-16-17-37(4,5)46-27(25)19-29-33(36)34(40)32-26(15-10-22(2)3)35(41-6)30(20-28(32)45-29)44-21-23-11-13-24(38)14-12-23/h8-14,16-17,19-20H,7,15,18,21H2,1-6H3/b9-8-. The van der Waals surface area contributed by atoms with E-state index >= 15 is 0 Å². The molecule has 0 bridgehead atoms. The van der Waals surface area contributed by atoms with Crippen molar-refractivity contribution in [2.45, 2.75) is 53.2 Å². The lowest BCUT2D eigenvalue weighted by Crippen LogP contribution is -2.27. The SMILES string of the molecule is CCOC(=O)/C=C\COc1c2c(cc3oc4cc(OCc5ccc(F)cc5)c(OC)c(CC=C(C)C)c4c(=O)c13)OC(C)(C)C=C2. The second kappa shape index (κ2) is 13.5. The van der Waals surface area contributed by atoms with Gasteiger partial charge in [0, 0.05) is 23.8 Å². The van der Waals surface area contributed by atoms with Crippen molar-refractivity contribution in [2.24, 2.45) is 0 Å². The maximum Gasteiger partial charge on any atom is 0.330 e. The molecule has 240 valence electrons. The van der Waals surface area contributed by atoms with E-state index in [9.17, 15) is 14.0 Å². The minimum Gasteiger partial charge on any atom is -0.493 e. The number of methoxy groups -OCH3 is 1. The van der Waals surface area contributed by atoms with Crippen molar-refractivity contribution in [1.82, 2.24) is 0 Å². The maximum absolute atomic E-state index is 14.6. The number of fused-ring (bicyclic) bond motifs is 3. The van der Waals surface area contributed by atoms with E-state index in [0.717, 1.165) is 11.1 Å². The van der Waals surface area contributed by atoms with Crippen LogP contribution in [0.1, 0.15) is 51.3 Å². The van der Waals surface area contributed by atoms with Gasteiger partial charge in [0.05, 0.1) is 24.7 Å². The third-order valence-corrected chi connectivity index (χ3v) is 7.34. The summed E-state index contributed by atoms with van der Waals surface area (Å²) in [5.41, 5.74) is 2.61. The Balaban J connectivity index is 1.72. The predicted octanol–water partition coefficient (Wildman–Crippen LogP) is 7.86. The van der Waals surface area contributed by atoms with Gasteiger partial charge in [-0.05, 0) is 77.0 Å². The fraction of sp³-hybridized carbons (Fsp3) is 0.297. The highest BCUT2D eigenvalue weighted by molar-refractivity contribution is 5.99. The molecule has 0 N–H and O–H groups in total. The average Bonchev–Trinajstić information content (AvgIpc) is 3.00. The van der Waals surface area contributed by atoms with Crippen LogP contribution in [0.3, 0.4) is 0 Å². The molecule has 5 rings (SSSR count). The smallest absolute Gasteiger partial charge is 0.330 e. The van der Waals surface area contributed by atoms with Crippen molar-refractivity contribution in [3.8, 4) is 23.0 Å². The van der Waals surface area contributed by atoms with E-state index in [1.165, 1.54) is 31.4 Å². The summed E-state index contributed by atoms with van der Waals surface area (Å²) in [4.78, 5) is 26.4. The minimum atomic E-state index is -0.606. The quantitative estimate of drug-likeness (QED) is 0.0717. The molecule has 2 heterocycles. The molecule has 1 aromatic heterocycles. The molecule has 0 saturated carbocycles. The zero-order valence-corrected chi connectivity index (χ0v) is 26.8. The van der Waals surface area contributed by atoms with Gasteiger partial charge in [-0.3, -0.25) is 4.79 Å². The van der Waals surface area contributed by atoms with Gasteiger partial charge in [-0.1, -0.05) is 23.8 Å². The van der Waals surface area contributed by atoms with E-state index in [-0.39, 0.29) is 47.8 Å². The Morgan fingerprint density at radius 3 is 2.46 bits per heavy atom. The molecule has 1 aliphatic heterocycles. The van der Waals surface area contributed by atoms with E-state index in [1.807, 2.05) is 45.9 Å². The number of carbonyl (C=O) groups is 1. The van der Waals surface area contributed by atoms with Gasteiger partial charge < -0.3 is 28.1 Å². The normalized spacial score (nSPS) is 13.4. The van der Waals surface area contributed by atoms with Crippen LogP contribution in [0.4, 0.5) is 4.39 Å². The molecular weight excluding hydrogens is 591 g/mol. The van der Waals surface area contributed by atoms with E-state index in [1.54, 1.807) is 31.2 Å². The van der Waals surface area contributed by atoms with Crippen LogP contribution in [0, 0.1) is 5.82 Å². The lowest BCUT2D eigenvalue weighted by Gasteiger charge is -2.29. The molecule has 4 aromatic rings. The van der Waals surface area contributed by atoms with Gasteiger partial charge >= 0.3 is 5.97 Å². The van der Waals surface area contributed by atoms with Gasteiger partial charge in [-0.25, -0.2) is 9.18 Å². The first-order chi connectivity index (χ1) is 22.0. The van der Waals surface area contributed by atoms with Crippen LogP contribution < -0.4 is 24.4 Å². The van der Waals surface area contributed by atoms with Gasteiger partial charge in [-0.15, -0.1) is 0 Å². The number of hydrogen-bond acceptors (Lipinski definition) is 8. The molecule has 3 aromatic carbocycles. The van der Waals surface area contributed by atoms with Crippen molar-refractivity contribution in [3.05, 3.63) is 99.0 Å². The van der Waals surface area contributed by atoms with Gasteiger partial charge in [0.2, 0.25) is 5.43 Å². The molecule has 9 heteroatoms. The Hall–Kier alpha value is -5.05. The van der Waals surface area contributed by atoms with Crippen LogP contribution in [0.25, 0.3) is 28.0 Å². The molecule has 0 spiro atoms. The Morgan fingerprint density at radius 1 is 1.02 bits per heavy atom. The first kappa shape index (κ1) is 32.3. The van der Waals surface area contributed by atoms with Gasteiger partial charge in [0.1, 0.15) is 52.7 Å². The Bertz CT molecular complexity index is 1930. The Kier molecular flexibility index (Phi) is 9.51. The number of rotatable bonds is 11. The minimum absolute atomic E-state index is 0.0107. The zero-order valence-electron chi connectivity index (χ0n) is 26.8. The zero-order chi connectivity index (χ0) is 33.0. The summed E-state index contributed by atoms with van der Waals surface area (Å²) in [6, 6.07) is 9.35. The van der Waals surface area contributed by atoms with E-state index in [0.29, 0.717) is 45.8 Å². The summed E-state index contributed by atoms with van der Waals surface area (Å²) in [6.45, 7) is 9.89. The fourth-order valence-corrected chi connectivity index (χ4v) is 5.20. The summed E-state index contributed by atoms with van der Waals surface area (Å²) >= 11 is 0. The molecule has 0 saturated heterocycles. The Labute approximate surface area is 266 Å². The van der Waals surface area contributed by atoms with E-state index < -0.39 is 11.6 Å². The lowest BCUT2D eigenvalue weighted by atomic mass is 9.97. The molecule has 8 nitrogen and oxygen atoms in total. The lowest BCUT2D eigenvalue weighted by molar-refractivity contribution is -0.137. The number of esters is 1. The number of carbonyl (C=O) groups excluding carboxylic acids is 1. The van der Waals surface area contributed by atoms with Crippen LogP contribution in [0.15, 0.2) is 75.5 Å². The van der Waals surface area contributed by atoms with Gasteiger partial charge in [0.15, 0.2) is 11.5 Å². The highest BCUT2D eigenvalue weighted by Crippen LogP contribution is 2.44. The summed E-state index contributed by atoms with van der Waals surface area (Å²) < 4.78 is 49.3. The highest BCUT2D eigenvalue weighted by Gasteiger charge is 2.29. The van der Waals surface area contributed by atoms with E-state index in [4.69, 9.17) is 28.1 Å². The van der Waals surface area contributed by atoms with Crippen LogP contribution in [-0.4, -0.2) is 31.9 Å². The molecule has 0 fully saturated rings. The maximum atomic E-state index is 14.6. The van der Waals surface area contributed by atoms with Crippen LogP contribution in [0.5, 0.6) is 23.0 Å². The summed E-state index contributed by atoms with van der Waals surface area (Å²) in [6.07, 6.45) is 8.92. The monoisotopic (exact) mass is 628 g/mol. The summed E-state index contributed by atoms with van der Waals surface area (Å²) in [5.74, 6) is 0.688. The second-order valence-electron chi connectivity index (χ2n) is 11.6. The molecule has 1 aliphatic rings. The third-order valence-electron chi connectivity index (χ3n) is 7.34. The predicted molar refractivity (Wildman–Crippen MR) is 175 cm³/mol. The van der Waals surface area contributed by atoms with Crippen molar-refractivity contribution < 1.29 is 37.3 Å². The molecule has 0 radical (unpaired) electrons. The van der Waals surface area contributed by atoms with Crippen molar-refractivity contribution in [3.63, 3.8) is 0 Å². The van der Waals surface area contributed by atoms with Crippen molar-refractivity contribution >= 4 is 34.0 Å². The molecule has 0 atom stereocenters. The van der Waals surface area contributed by atoms with Crippen LogP contribution >= 0.6 is 0 Å². The molecular formula is C37H37FO8. The van der Waals surface area contributed by atoms with Crippen molar-refractivity contribution in [2.75, 3.05) is 20.3 Å². The number of allylic oxidation sites excluding steroid dienone is 2. The number of hydrogen-bond donors (Lipinski definition) is 0. The summed E-state index contributed by atoms with van der Waals surface area (Å²) in [5, 5.41) is 0.549. The van der Waals surface area contributed by atoms with Gasteiger partial charge in [-0.2, -0.15) is 0 Å². The third kappa shape index (κ3) is 6.93. The molecule has 0 aliphatic carbocycles. The topological polar surface area (TPSA) is 93.4 Å². The first-order valence-corrected chi connectivity index (χ1v) is 15.0. The number of halogens is 1. The highest BCUT2D eigenvalue weighted by atomic mass is 19.1. The summed E-state index contributed by atoms with van der Waals surface area (Å²) in [7, 11) is 1.52. The van der Waals surface area contributed by atoms with Crippen molar-refractivity contribution in [1.29, 1.82) is 0 Å². The Morgan fingerprint density at radius 2 is 1.76 bits per heavy atom. The van der Waals surface area contributed by atoms with E-state index in [2.05, 4.69) is 0 Å². The second-order valence-corrected chi connectivity index (χ2v) is 11.6. The fourth-order valence-electron chi connectivity index (χ4n) is 5.20. The van der Waals surface area contributed by atoms with Crippen LogP contribution in [0.2, 0.25) is 0 Å². The average molecular weight is 629 g/mol. The largest absolute Gasteiger partial charge is 0.493 e.